The van der Waals surface area contributed by atoms with Crippen LogP contribution in [0.25, 0.3) is 22.4 Å². The molecule has 32 heavy (non-hydrogen) atoms. The summed E-state index contributed by atoms with van der Waals surface area (Å²) in [5, 5.41) is 15.2. The molecule has 0 aliphatic carbocycles. The Kier molecular flexibility index (Phi) is 4.65. The topological polar surface area (TPSA) is 96.9 Å². The van der Waals surface area contributed by atoms with E-state index in [2.05, 4.69) is 35.7 Å². The molecule has 11 heteroatoms. The molecule has 2 atom stereocenters. The second-order valence-corrected chi connectivity index (χ2v) is 8.25. The van der Waals surface area contributed by atoms with Crippen LogP contribution >= 0.6 is 0 Å². The molecular formula is C21H24FN9O. The quantitative estimate of drug-likeness (QED) is 0.487. The highest BCUT2D eigenvalue weighted by molar-refractivity contribution is 5.87. The van der Waals surface area contributed by atoms with Crippen LogP contribution < -0.4 is 10.6 Å². The van der Waals surface area contributed by atoms with E-state index in [1.54, 1.807) is 15.2 Å². The molecule has 166 valence electrons. The Morgan fingerprint density at radius 1 is 1.12 bits per heavy atom. The molecule has 2 saturated heterocycles. The summed E-state index contributed by atoms with van der Waals surface area (Å²) in [6, 6.07) is 5.76. The van der Waals surface area contributed by atoms with Gasteiger partial charge in [-0.2, -0.15) is 10.1 Å². The lowest BCUT2D eigenvalue weighted by molar-refractivity contribution is -0.0794. The maximum Gasteiger partial charge on any atom is 0.243 e. The van der Waals surface area contributed by atoms with E-state index in [1.807, 2.05) is 37.6 Å². The van der Waals surface area contributed by atoms with Crippen molar-refractivity contribution < 1.29 is 9.13 Å². The van der Waals surface area contributed by atoms with Crippen LogP contribution in [0.5, 0.6) is 0 Å². The minimum absolute atomic E-state index is 0.324. The van der Waals surface area contributed by atoms with Crippen molar-refractivity contribution in [2.45, 2.75) is 24.7 Å². The zero-order chi connectivity index (χ0) is 21.7. The zero-order valence-corrected chi connectivity index (χ0v) is 17.6. The Labute approximate surface area is 183 Å². The molecule has 2 aliphatic rings. The van der Waals surface area contributed by atoms with Crippen LogP contribution in [-0.2, 0) is 4.74 Å². The molecule has 0 bridgehead atoms. The number of likely N-dealkylation sites (tertiary alicyclic amines) is 1. The van der Waals surface area contributed by atoms with Crippen molar-refractivity contribution in [3.05, 3.63) is 36.8 Å². The fourth-order valence-corrected chi connectivity index (χ4v) is 4.45. The normalized spacial score (nSPS) is 22.3. The van der Waals surface area contributed by atoms with Gasteiger partial charge in [0.1, 0.15) is 11.7 Å². The highest BCUT2D eigenvalue weighted by Gasteiger charge is 2.35. The average Bonchev–Trinajstić information content (AvgIpc) is 3.40. The number of piperidine rings is 1. The fourth-order valence-electron chi connectivity index (χ4n) is 4.45. The van der Waals surface area contributed by atoms with Crippen molar-refractivity contribution >= 4 is 22.9 Å². The molecule has 0 radical (unpaired) electrons. The van der Waals surface area contributed by atoms with Gasteiger partial charge in [-0.25, -0.2) is 18.4 Å². The number of hydrogen-bond donors (Lipinski definition) is 2. The summed E-state index contributed by atoms with van der Waals surface area (Å²) in [5.74, 6) is 1.05. The van der Waals surface area contributed by atoms with Gasteiger partial charge < -0.3 is 15.4 Å². The maximum atomic E-state index is 14.9. The van der Waals surface area contributed by atoms with E-state index in [9.17, 15) is 4.39 Å². The van der Waals surface area contributed by atoms with Crippen LogP contribution in [-0.4, -0.2) is 85.7 Å². The van der Waals surface area contributed by atoms with Gasteiger partial charge in [-0.05, 0) is 18.6 Å². The smallest absolute Gasteiger partial charge is 0.243 e. The third-order valence-electron chi connectivity index (χ3n) is 6.31. The van der Waals surface area contributed by atoms with E-state index >= 15 is 0 Å². The van der Waals surface area contributed by atoms with Gasteiger partial charge in [-0.15, -0.1) is 5.10 Å². The second-order valence-electron chi connectivity index (χ2n) is 8.25. The van der Waals surface area contributed by atoms with Gasteiger partial charge in [0, 0.05) is 44.2 Å². The fraction of sp³-hybridized carbons (Fsp3) is 0.429. The molecule has 4 aromatic rings. The van der Waals surface area contributed by atoms with Gasteiger partial charge >= 0.3 is 0 Å². The van der Waals surface area contributed by atoms with Crippen molar-refractivity contribution in [3.63, 3.8) is 0 Å². The number of nitrogens with zero attached hydrogens (tertiary/aromatic N) is 7. The molecule has 0 amide bonds. The van der Waals surface area contributed by atoms with Crippen LogP contribution in [0.2, 0.25) is 0 Å². The van der Waals surface area contributed by atoms with Crippen LogP contribution in [0.15, 0.2) is 36.8 Å². The van der Waals surface area contributed by atoms with Gasteiger partial charge in [0.15, 0.2) is 11.5 Å². The summed E-state index contributed by atoms with van der Waals surface area (Å²) in [6.07, 6.45) is 5.16. The first-order valence-corrected chi connectivity index (χ1v) is 10.8. The lowest BCUT2D eigenvalue weighted by Crippen LogP contribution is -2.57. The number of alkyl halides is 1. The highest BCUT2D eigenvalue weighted by atomic mass is 19.1. The maximum absolute atomic E-state index is 14.9. The van der Waals surface area contributed by atoms with Gasteiger partial charge in [0.05, 0.1) is 37.2 Å². The first-order valence-electron chi connectivity index (χ1n) is 10.8. The van der Waals surface area contributed by atoms with Gasteiger partial charge in [0.2, 0.25) is 5.95 Å². The van der Waals surface area contributed by atoms with E-state index in [-0.39, 0.29) is 6.04 Å². The van der Waals surface area contributed by atoms with E-state index in [4.69, 9.17) is 4.74 Å². The third-order valence-corrected chi connectivity index (χ3v) is 6.31. The summed E-state index contributed by atoms with van der Waals surface area (Å²) >= 11 is 0. The van der Waals surface area contributed by atoms with E-state index in [0.717, 1.165) is 29.0 Å². The molecule has 6 heterocycles. The Morgan fingerprint density at radius 3 is 2.78 bits per heavy atom. The van der Waals surface area contributed by atoms with Gasteiger partial charge in [-0.1, -0.05) is 0 Å². The minimum Gasteiger partial charge on any atom is -0.378 e. The van der Waals surface area contributed by atoms with Crippen molar-refractivity contribution in [3.8, 4) is 11.3 Å². The number of hydrogen-bond acceptors (Lipinski definition) is 8. The number of anilines is 2. The van der Waals surface area contributed by atoms with Gasteiger partial charge in [-0.3, -0.25) is 4.90 Å². The van der Waals surface area contributed by atoms with Crippen LogP contribution in [0.3, 0.4) is 0 Å². The van der Waals surface area contributed by atoms with E-state index < -0.39 is 6.17 Å². The Hall–Kier alpha value is -3.31. The predicted molar refractivity (Wildman–Crippen MR) is 118 cm³/mol. The molecule has 10 nitrogen and oxygen atoms in total. The second kappa shape index (κ2) is 7.68. The monoisotopic (exact) mass is 437 g/mol. The molecule has 4 aromatic heterocycles. The van der Waals surface area contributed by atoms with Crippen molar-refractivity contribution in [2.75, 3.05) is 44.0 Å². The van der Waals surface area contributed by atoms with Gasteiger partial charge in [0.25, 0.3) is 0 Å². The molecule has 0 spiro atoms. The zero-order valence-electron chi connectivity index (χ0n) is 17.6. The van der Waals surface area contributed by atoms with Crippen molar-refractivity contribution in [2.24, 2.45) is 0 Å². The average molecular weight is 437 g/mol. The molecular weight excluding hydrogens is 413 g/mol. The molecule has 0 unspecified atom stereocenters. The molecule has 2 N–H and O–H groups in total. The standard InChI is InChI=1S/C21H24FN9O/c1-23-20-19-14(16-5-9-30-18(25-16)2-6-24-30)3-8-31(19)28-21(27-20)26-17-4-7-29(10-15(17)22)13-11-32-12-13/h2-3,5-6,8-9,13,15,17H,4,7,10-12H2,1H3,(H2,23,26,27,28)/t15-,17+/m1/s1. The lowest BCUT2D eigenvalue weighted by Gasteiger charge is -2.42. The van der Waals surface area contributed by atoms with E-state index in [1.165, 1.54) is 0 Å². The van der Waals surface area contributed by atoms with Crippen LogP contribution in [0.1, 0.15) is 6.42 Å². The van der Waals surface area contributed by atoms with Crippen LogP contribution in [0.4, 0.5) is 16.2 Å². The largest absolute Gasteiger partial charge is 0.378 e. The number of rotatable bonds is 5. The molecule has 6 rings (SSSR count). The highest BCUT2D eigenvalue weighted by Crippen LogP contribution is 2.30. The summed E-state index contributed by atoms with van der Waals surface area (Å²) in [7, 11) is 1.81. The lowest BCUT2D eigenvalue weighted by atomic mass is 10.0. The first-order chi connectivity index (χ1) is 15.7. The Bertz CT molecular complexity index is 1270. The molecule has 0 saturated carbocycles. The molecule has 2 fully saturated rings. The van der Waals surface area contributed by atoms with Crippen molar-refractivity contribution in [1.82, 2.24) is 34.1 Å². The summed E-state index contributed by atoms with van der Waals surface area (Å²) in [6.45, 7) is 2.65. The summed E-state index contributed by atoms with van der Waals surface area (Å²) in [5.41, 5.74) is 3.29. The molecule has 2 aliphatic heterocycles. The Morgan fingerprint density at radius 2 is 2.00 bits per heavy atom. The number of fused-ring (bicyclic) bond motifs is 2. The SMILES string of the molecule is CNc1nc(N[C@H]2CCN(C3COC3)C[C@H]2F)nn2ccc(-c3ccn4nccc4n3)c12. The summed E-state index contributed by atoms with van der Waals surface area (Å²) in [4.78, 5) is 11.5. The number of nitrogens with one attached hydrogen (secondary N) is 2. The van der Waals surface area contributed by atoms with Crippen LogP contribution in [0, 0.1) is 0 Å². The van der Waals surface area contributed by atoms with Crippen molar-refractivity contribution in [1.29, 1.82) is 0 Å². The number of aromatic nitrogens is 6. The Balaban J connectivity index is 1.28. The predicted octanol–water partition coefficient (Wildman–Crippen LogP) is 1.70. The minimum atomic E-state index is -0.992. The van der Waals surface area contributed by atoms with E-state index in [0.29, 0.717) is 44.0 Å². The number of halogens is 1. The first kappa shape index (κ1) is 19.4. The summed E-state index contributed by atoms with van der Waals surface area (Å²) < 4.78 is 23.6. The molecule has 0 aromatic carbocycles. The number of ether oxygens (including phenoxy) is 1. The third kappa shape index (κ3) is 3.24.